The van der Waals surface area contributed by atoms with Gasteiger partial charge in [0.25, 0.3) is 5.91 Å². The maximum absolute atomic E-state index is 12.2. The number of hydrogen-bond acceptors (Lipinski definition) is 3. The van der Waals surface area contributed by atoms with Crippen LogP contribution >= 0.6 is 15.9 Å². The van der Waals surface area contributed by atoms with Crippen molar-refractivity contribution in [3.05, 3.63) is 23.8 Å². The number of halogens is 1. The topological polar surface area (TPSA) is 47.6 Å². The van der Waals surface area contributed by atoms with Gasteiger partial charge in [0.05, 0.1) is 13.2 Å². The van der Waals surface area contributed by atoms with Crippen LogP contribution in [0.15, 0.2) is 18.2 Å². The third kappa shape index (κ3) is 4.71. The summed E-state index contributed by atoms with van der Waals surface area (Å²) in [5.74, 6) is 1.13. The number of ether oxygens (including phenoxy) is 2. The molecule has 5 heteroatoms. The molecule has 0 heterocycles. The van der Waals surface area contributed by atoms with E-state index in [9.17, 15) is 4.79 Å². The fourth-order valence-corrected chi connectivity index (χ4v) is 1.75. The summed E-state index contributed by atoms with van der Waals surface area (Å²) in [5, 5.41) is 3.64. The van der Waals surface area contributed by atoms with Crippen molar-refractivity contribution >= 4 is 21.8 Å². The number of carbonyl (C=O) groups is 1. The Labute approximate surface area is 129 Å². The summed E-state index contributed by atoms with van der Waals surface area (Å²) in [6, 6.07) is 5.23. The quantitative estimate of drug-likeness (QED) is 0.772. The maximum Gasteiger partial charge on any atom is 0.251 e. The average Bonchev–Trinajstić information content (AvgIpc) is 2.40. The van der Waals surface area contributed by atoms with Crippen molar-refractivity contribution < 1.29 is 14.3 Å². The van der Waals surface area contributed by atoms with Crippen LogP contribution in [0.25, 0.3) is 0 Å². The van der Waals surface area contributed by atoms with Crippen LogP contribution in [0.3, 0.4) is 0 Å². The van der Waals surface area contributed by atoms with E-state index in [-0.39, 0.29) is 11.4 Å². The monoisotopic (exact) mass is 343 g/mol. The number of nitrogens with one attached hydrogen (secondary N) is 1. The maximum atomic E-state index is 12.2. The van der Waals surface area contributed by atoms with Crippen LogP contribution in [0.1, 0.15) is 38.1 Å². The molecular weight excluding hydrogens is 322 g/mol. The van der Waals surface area contributed by atoms with Crippen molar-refractivity contribution in [1.82, 2.24) is 5.32 Å². The summed E-state index contributed by atoms with van der Waals surface area (Å²) < 4.78 is 11.0. The Bertz CT molecular complexity index is 460. The molecule has 0 saturated heterocycles. The molecule has 0 fully saturated rings. The molecule has 0 aliphatic carbocycles. The Morgan fingerprint density at radius 2 is 1.80 bits per heavy atom. The van der Waals surface area contributed by atoms with Crippen molar-refractivity contribution in [3.63, 3.8) is 0 Å². The van der Waals surface area contributed by atoms with Crippen LogP contribution in [0.5, 0.6) is 11.5 Å². The summed E-state index contributed by atoms with van der Waals surface area (Å²) >= 11 is 3.38. The highest BCUT2D eigenvalue weighted by Gasteiger charge is 2.20. The van der Waals surface area contributed by atoms with Crippen LogP contribution in [-0.4, -0.2) is 30.0 Å². The number of alkyl halides is 1. The second-order valence-corrected chi connectivity index (χ2v) is 5.56. The largest absolute Gasteiger partial charge is 0.490 e. The third-order valence-electron chi connectivity index (χ3n) is 2.59. The standard InChI is InChI=1S/C15H22BrNO3/c1-5-19-12-8-7-11(9-13(12)20-6-2)14(18)17-15(3,4)10-16/h7-9H,5-6,10H2,1-4H3,(H,17,18). The Balaban J connectivity index is 2.96. The van der Waals surface area contributed by atoms with E-state index in [1.807, 2.05) is 27.7 Å². The zero-order chi connectivity index (χ0) is 15.2. The lowest BCUT2D eigenvalue weighted by Crippen LogP contribution is -2.44. The minimum Gasteiger partial charge on any atom is -0.490 e. The van der Waals surface area contributed by atoms with E-state index in [4.69, 9.17) is 9.47 Å². The average molecular weight is 344 g/mol. The van der Waals surface area contributed by atoms with E-state index < -0.39 is 0 Å². The Morgan fingerprint density at radius 1 is 1.20 bits per heavy atom. The Morgan fingerprint density at radius 3 is 2.35 bits per heavy atom. The number of amides is 1. The van der Waals surface area contributed by atoms with Crippen molar-refractivity contribution in [2.45, 2.75) is 33.2 Å². The molecule has 0 bridgehead atoms. The minimum atomic E-state index is -0.304. The molecule has 0 aromatic heterocycles. The number of benzene rings is 1. The molecule has 0 unspecified atom stereocenters. The minimum absolute atomic E-state index is 0.126. The van der Waals surface area contributed by atoms with Gasteiger partial charge in [-0.2, -0.15) is 0 Å². The summed E-state index contributed by atoms with van der Waals surface area (Å²) in [5.41, 5.74) is 0.257. The first-order valence-electron chi connectivity index (χ1n) is 6.71. The van der Waals surface area contributed by atoms with E-state index in [1.165, 1.54) is 0 Å². The molecule has 1 amide bonds. The first-order valence-corrected chi connectivity index (χ1v) is 7.83. The number of hydrogen-bond donors (Lipinski definition) is 1. The first-order chi connectivity index (χ1) is 9.43. The summed E-state index contributed by atoms with van der Waals surface area (Å²) in [4.78, 5) is 12.2. The van der Waals surface area contributed by atoms with Gasteiger partial charge in [0.2, 0.25) is 0 Å². The van der Waals surface area contributed by atoms with Crippen LogP contribution in [0.2, 0.25) is 0 Å². The summed E-state index contributed by atoms with van der Waals surface area (Å²) in [7, 11) is 0. The van der Waals surface area contributed by atoms with E-state index >= 15 is 0 Å². The van der Waals surface area contributed by atoms with Crippen molar-refractivity contribution in [2.24, 2.45) is 0 Å². The lowest BCUT2D eigenvalue weighted by Gasteiger charge is -2.23. The highest BCUT2D eigenvalue weighted by molar-refractivity contribution is 9.09. The third-order valence-corrected chi connectivity index (χ3v) is 3.99. The smallest absolute Gasteiger partial charge is 0.251 e. The van der Waals surface area contributed by atoms with Crippen LogP contribution in [0, 0.1) is 0 Å². The molecule has 1 aromatic rings. The number of rotatable bonds is 7. The zero-order valence-corrected chi connectivity index (χ0v) is 14.0. The van der Waals surface area contributed by atoms with Gasteiger partial charge >= 0.3 is 0 Å². The van der Waals surface area contributed by atoms with Crippen molar-refractivity contribution in [2.75, 3.05) is 18.5 Å². The normalized spacial score (nSPS) is 11.1. The predicted octanol–water partition coefficient (Wildman–Crippen LogP) is 3.39. The van der Waals surface area contributed by atoms with Gasteiger partial charge in [-0.25, -0.2) is 0 Å². The second-order valence-electron chi connectivity index (χ2n) is 5.00. The highest BCUT2D eigenvalue weighted by Crippen LogP contribution is 2.28. The van der Waals surface area contributed by atoms with Gasteiger partial charge in [-0.1, -0.05) is 15.9 Å². The SMILES string of the molecule is CCOc1ccc(C(=O)NC(C)(C)CBr)cc1OCC. The van der Waals surface area contributed by atoms with E-state index in [0.29, 0.717) is 35.6 Å². The molecule has 0 aliphatic heterocycles. The van der Waals surface area contributed by atoms with Gasteiger partial charge in [0, 0.05) is 16.4 Å². The fourth-order valence-electron chi connectivity index (χ4n) is 1.61. The predicted molar refractivity (Wildman–Crippen MR) is 84.1 cm³/mol. The molecule has 1 N–H and O–H groups in total. The molecule has 0 aliphatic rings. The fraction of sp³-hybridized carbons (Fsp3) is 0.533. The van der Waals surface area contributed by atoms with E-state index in [1.54, 1.807) is 18.2 Å². The molecule has 0 radical (unpaired) electrons. The lowest BCUT2D eigenvalue weighted by atomic mass is 10.1. The molecular formula is C15H22BrNO3. The van der Waals surface area contributed by atoms with Crippen molar-refractivity contribution in [1.29, 1.82) is 0 Å². The summed E-state index contributed by atoms with van der Waals surface area (Å²) in [6.45, 7) is 8.81. The molecule has 1 aromatic carbocycles. The Kier molecular flexibility index (Phi) is 6.33. The molecule has 112 valence electrons. The zero-order valence-electron chi connectivity index (χ0n) is 12.5. The van der Waals surface area contributed by atoms with E-state index in [0.717, 1.165) is 0 Å². The number of carbonyl (C=O) groups excluding carboxylic acids is 1. The van der Waals surface area contributed by atoms with Crippen LogP contribution in [-0.2, 0) is 0 Å². The molecule has 0 atom stereocenters. The van der Waals surface area contributed by atoms with Gasteiger partial charge in [-0.3, -0.25) is 4.79 Å². The van der Waals surface area contributed by atoms with Crippen molar-refractivity contribution in [3.8, 4) is 11.5 Å². The first kappa shape index (κ1) is 16.8. The van der Waals surface area contributed by atoms with E-state index in [2.05, 4.69) is 21.2 Å². The van der Waals surface area contributed by atoms with Crippen LogP contribution in [0.4, 0.5) is 0 Å². The highest BCUT2D eigenvalue weighted by atomic mass is 79.9. The Hall–Kier alpha value is -1.23. The molecule has 20 heavy (non-hydrogen) atoms. The van der Waals surface area contributed by atoms with Gasteiger partial charge in [0.1, 0.15) is 0 Å². The van der Waals surface area contributed by atoms with Crippen LogP contribution < -0.4 is 14.8 Å². The molecule has 0 saturated carbocycles. The molecule has 4 nitrogen and oxygen atoms in total. The molecule has 0 spiro atoms. The second kappa shape index (κ2) is 7.53. The van der Waals surface area contributed by atoms with Gasteiger partial charge in [-0.15, -0.1) is 0 Å². The van der Waals surface area contributed by atoms with Gasteiger partial charge in [-0.05, 0) is 45.9 Å². The lowest BCUT2D eigenvalue weighted by molar-refractivity contribution is 0.0920. The van der Waals surface area contributed by atoms with Gasteiger partial charge in [0.15, 0.2) is 11.5 Å². The van der Waals surface area contributed by atoms with Gasteiger partial charge < -0.3 is 14.8 Å². The molecule has 1 rings (SSSR count). The summed E-state index contributed by atoms with van der Waals surface area (Å²) in [6.07, 6.45) is 0.